The maximum Gasteiger partial charge on any atom is 0.119 e. The highest BCUT2D eigenvalue weighted by Gasteiger charge is 2.14. The summed E-state index contributed by atoms with van der Waals surface area (Å²) in [6, 6.07) is 12.6. The third-order valence-electron chi connectivity index (χ3n) is 3.45. The van der Waals surface area contributed by atoms with Crippen LogP contribution in [0.3, 0.4) is 0 Å². The zero-order chi connectivity index (χ0) is 14.7. The molecule has 0 aliphatic carbocycles. The van der Waals surface area contributed by atoms with E-state index in [1.807, 2.05) is 38.4 Å². The van der Waals surface area contributed by atoms with Crippen LogP contribution in [0.1, 0.15) is 24.1 Å². The van der Waals surface area contributed by atoms with Crippen molar-refractivity contribution in [2.75, 3.05) is 13.7 Å². The molecule has 0 fully saturated rings. The Kier molecular flexibility index (Phi) is 4.18. The number of fused-ring (bicyclic) bond motifs is 1. The van der Waals surface area contributed by atoms with Crippen LogP contribution in [-0.4, -0.2) is 18.6 Å². The van der Waals surface area contributed by atoms with Gasteiger partial charge in [0.05, 0.1) is 22.9 Å². The van der Waals surface area contributed by atoms with Gasteiger partial charge >= 0.3 is 0 Å². The first-order valence-corrected chi connectivity index (χ1v) is 7.93. The van der Waals surface area contributed by atoms with E-state index in [0.29, 0.717) is 6.61 Å². The van der Waals surface area contributed by atoms with E-state index in [0.717, 1.165) is 11.3 Å². The van der Waals surface area contributed by atoms with Crippen LogP contribution in [0.4, 0.5) is 0 Å². The predicted molar refractivity (Wildman–Crippen MR) is 88.1 cm³/mol. The van der Waals surface area contributed by atoms with Crippen molar-refractivity contribution >= 4 is 21.6 Å². The molecule has 2 heterocycles. The van der Waals surface area contributed by atoms with E-state index in [4.69, 9.17) is 4.74 Å². The zero-order valence-electron chi connectivity index (χ0n) is 12.2. The lowest BCUT2D eigenvalue weighted by molar-refractivity contribution is 0.339. The van der Waals surface area contributed by atoms with E-state index >= 15 is 0 Å². The molecule has 108 valence electrons. The molecule has 0 spiro atoms. The van der Waals surface area contributed by atoms with Crippen molar-refractivity contribution in [3.8, 4) is 5.75 Å². The van der Waals surface area contributed by atoms with Gasteiger partial charge in [0.15, 0.2) is 0 Å². The maximum absolute atomic E-state index is 5.59. The lowest BCUT2D eigenvalue weighted by Gasteiger charge is -2.18. The van der Waals surface area contributed by atoms with E-state index in [2.05, 4.69) is 33.9 Å². The lowest BCUT2D eigenvalue weighted by atomic mass is 10.00. The average Bonchev–Trinajstić information content (AvgIpc) is 2.96. The minimum absolute atomic E-state index is 0.115. The Hall–Kier alpha value is -1.91. The topological polar surface area (TPSA) is 34.1 Å². The standard InChI is InChI=1S/C17H18N2OS/c1-3-20-14-6-4-5-12(9-14)17(18-2)13-10-16-15(19-11-13)7-8-21-16/h4-11,17-18H,3H2,1-2H3. The van der Waals surface area contributed by atoms with E-state index in [1.54, 1.807) is 11.3 Å². The highest BCUT2D eigenvalue weighted by molar-refractivity contribution is 7.17. The van der Waals surface area contributed by atoms with E-state index in [-0.39, 0.29) is 6.04 Å². The lowest BCUT2D eigenvalue weighted by Crippen LogP contribution is -2.17. The summed E-state index contributed by atoms with van der Waals surface area (Å²) < 4.78 is 6.81. The Bertz CT molecular complexity index is 738. The first-order valence-electron chi connectivity index (χ1n) is 7.05. The molecule has 0 amide bonds. The Morgan fingerprint density at radius 1 is 1.24 bits per heavy atom. The zero-order valence-corrected chi connectivity index (χ0v) is 13.0. The molecule has 0 bridgehead atoms. The summed E-state index contributed by atoms with van der Waals surface area (Å²) in [5.74, 6) is 0.903. The van der Waals surface area contributed by atoms with Crippen LogP contribution in [0.5, 0.6) is 5.75 Å². The Morgan fingerprint density at radius 3 is 2.95 bits per heavy atom. The number of hydrogen-bond donors (Lipinski definition) is 1. The van der Waals surface area contributed by atoms with E-state index in [1.165, 1.54) is 15.8 Å². The van der Waals surface area contributed by atoms with Crippen LogP contribution >= 0.6 is 11.3 Å². The van der Waals surface area contributed by atoms with Gasteiger partial charge in [-0.15, -0.1) is 11.3 Å². The number of nitrogens with one attached hydrogen (secondary N) is 1. The van der Waals surface area contributed by atoms with Gasteiger partial charge in [-0.1, -0.05) is 12.1 Å². The van der Waals surface area contributed by atoms with E-state index < -0.39 is 0 Å². The number of hydrogen-bond acceptors (Lipinski definition) is 4. The molecule has 0 radical (unpaired) electrons. The maximum atomic E-state index is 5.59. The van der Waals surface area contributed by atoms with Crippen LogP contribution < -0.4 is 10.1 Å². The summed E-state index contributed by atoms with van der Waals surface area (Å²) >= 11 is 1.72. The second kappa shape index (κ2) is 6.24. The number of benzene rings is 1. The molecule has 3 nitrogen and oxygen atoms in total. The summed E-state index contributed by atoms with van der Waals surface area (Å²) in [5.41, 5.74) is 3.41. The van der Waals surface area contributed by atoms with Crippen molar-refractivity contribution in [2.24, 2.45) is 0 Å². The molecule has 0 saturated carbocycles. The third-order valence-corrected chi connectivity index (χ3v) is 4.30. The van der Waals surface area contributed by atoms with Crippen LogP contribution in [0.25, 0.3) is 10.2 Å². The molecule has 3 aromatic rings. The van der Waals surface area contributed by atoms with Crippen LogP contribution in [0, 0.1) is 0 Å². The molecular weight excluding hydrogens is 280 g/mol. The van der Waals surface area contributed by atoms with Crippen molar-refractivity contribution in [1.29, 1.82) is 0 Å². The Morgan fingerprint density at radius 2 is 2.14 bits per heavy atom. The first kappa shape index (κ1) is 14.0. The summed E-state index contributed by atoms with van der Waals surface area (Å²) in [5, 5.41) is 5.44. The van der Waals surface area contributed by atoms with Crippen molar-refractivity contribution in [3.05, 3.63) is 59.1 Å². The van der Waals surface area contributed by atoms with Crippen molar-refractivity contribution < 1.29 is 4.74 Å². The monoisotopic (exact) mass is 298 g/mol. The largest absolute Gasteiger partial charge is 0.494 e. The number of rotatable bonds is 5. The fourth-order valence-corrected chi connectivity index (χ4v) is 3.28. The summed E-state index contributed by atoms with van der Waals surface area (Å²) in [7, 11) is 1.97. The molecule has 1 atom stereocenters. The molecule has 1 unspecified atom stereocenters. The van der Waals surface area contributed by atoms with Gasteiger partial charge in [0.25, 0.3) is 0 Å². The van der Waals surface area contributed by atoms with Crippen LogP contribution in [-0.2, 0) is 0 Å². The molecule has 2 aromatic heterocycles. The summed E-state index contributed by atoms with van der Waals surface area (Å²) in [4.78, 5) is 4.53. The molecule has 4 heteroatoms. The SMILES string of the molecule is CCOc1cccc(C(NC)c2cnc3ccsc3c2)c1. The van der Waals surface area contributed by atoms with Crippen LogP contribution in [0.2, 0.25) is 0 Å². The number of pyridine rings is 1. The van der Waals surface area contributed by atoms with Gasteiger partial charge in [0.1, 0.15) is 5.75 Å². The number of thiophene rings is 1. The van der Waals surface area contributed by atoms with Crippen molar-refractivity contribution in [2.45, 2.75) is 13.0 Å². The summed E-state index contributed by atoms with van der Waals surface area (Å²) in [6.45, 7) is 2.67. The van der Waals surface area contributed by atoms with Gasteiger partial charge in [-0.05, 0) is 54.7 Å². The quantitative estimate of drug-likeness (QED) is 0.773. The molecule has 1 aromatic carbocycles. The van der Waals surface area contributed by atoms with Crippen molar-refractivity contribution in [3.63, 3.8) is 0 Å². The number of nitrogens with zero attached hydrogens (tertiary/aromatic N) is 1. The molecule has 1 N–H and O–H groups in total. The van der Waals surface area contributed by atoms with Crippen LogP contribution in [0.15, 0.2) is 48.0 Å². The fraction of sp³-hybridized carbons (Fsp3) is 0.235. The molecule has 0 aliphatic heterocycles. The van der Waals surface area contributed by atoms with E-state index in [9.17, 15) is 0 Å². The second-order valence-corrected chi connectivity index (χ2v) is 5.75. The molecule has 3 rings (SSSR count). The smallest absolute Gasteiger partial charge is 0.119 e. The predicted octanol–water partition coefficient (Wildman–Crippen LogP) is 4.00. The minimum Gasteiger partial charge on any atom is -0.494 e. The Labute approximate surface area is 128 Å². The molecule has 0 saturated heterocycles. The second-order valence-electron chi connectivity index (χ2n) is 4.80. The number of ether oxygens (including phenoxy) is 1. The minimum atomic E-state index is 0.115. The first-order chi connectivity index (χ1) is 10.3. The number of aromatic nitrogens is 1. The third kappa shape index (κ3) is 2.91. The van der Waals surface area contributed by atoms with Gasteiger partial charge in [0.2, 0.25) is 0 Å². The van der Waals surface area contributed by atoms with Gasteiger partial charge in [-0.25, -0.2) is 0 Å². The van der Waals surface area contributed by atoms with Gasteiger partial charge < -0.3 is 10.1 Å². The highest BCUT2D eigenvalue weighted by atomic mass is 32.1. The van der Waals surface area contributed by atoms with Gasteiger partial charge in [0, 0.05) is 6.20 Å². The van der Waals surface area contributed by atoms with Crippen molar-refractivity contribution in [1.82, 2.24) is 10.3 Å². The molecule has 21 heavy (non-hydrogen) atoms. The normalized spacial score (nSPS) is 12.5. The molecular formula is C17H18N2OS. The fourth-order valence-electron chi connectivity index (χ4n) is 2.50. The summed E-state index contributed by atoms with van der Waals surface area (Å²) in [6.07, 6.45) is 1.95. The molecule has 0 aliphatic rings. The van der Waals surface area contributed by atoms with Gasteiger partial charge in [-0.2, -0.15) is 0 Å². The Balaban J connectivity index is 1.98. The van der Waals surface area contributed by atoms with Gasteiger partial charge in [-0.3, -0.25) is 4.98 Å². The average molecular weight is 298 g/mol. The highest BCUT2D eigenvalue weighted by Crippen LogP contribution is 2.28.